The molecule has 2 saturated heterocycles. The molecule has 0 bridgehead atoms. The van der Waals surface area contributed by atoms with Crippen molar-refractivity contribution in [2.24, 2.45) is 0 Å². The summed E-state index contributed by atoms with van der Waals surface area (Å²) < 4.78 is 5.18. The molecule has 9 nitrogen and oxygen atoms in total. The highest BCUT2D eigenvalue weighted by Gasteiger charge is 2.22. The van der Waals surface area contributed by atoms with Crippen molar-refractivity contribution in [2.75, 3.05) is 76.3 Å². The second-order valence-electron chi connectivity index (χ2n) is 10.2. The Morgan fingerprint density at radius 1 is 1.08 bits per heavy atom. The summed E-state index contributed by atoms with van der Waals surface area (Å²) in [6, 6.07) is 11.2. The minimum Gasteiger partial charge on any atom is -0.385 e. The molecule has 3 aromatic rings. The summed E-state index contributed by atoms with van der Waals surface area (Å²) in [6.07, 6.45) is 5.36. The second kappa shape index (κ2) is 12.8. The normalized spacial score (nSPS) is 17.7. The van der Waals surface area contributed by atoms with Crippen molar-refractivity contribution in [3.8, 4) is 17.5 Å². The summed E-state index contributed by atoms with van der Waals surface area (Å²) in [5.41, 5.74) is 4.63. The number of likely N-dealkylation sites (tertiary alicyclic amines) is 1. The fourth-order valence-electron chi connectivity index (χ4n) is 5.42. The van der Waals surface area contributed by atoms with Gasteiger partial charge in [-0.2, -0.15) is 5.26 Å². The number of imidazole rings is 1. The zero-order valence-electron chi connectivity index (χ0n) is 22.1. The predicted molar refractivity (Wildman–Crippen MR) is 153 cm³/mol. The lowest BCUT2D eigenvalue weighted by molar-refractivity contribution is 0.169. The van der Waals surface area contributed by atoms with Gasteiger partial charge in [0.15, 0.2) is 5.65 Å². The zero-order valence-corrected chi connectivity index (χ0v) is 22.9. The van der Waals surface area contributed by atoms with Crippen LogP contribution in [0.25, 0.3) is 22.6 Å². The number of nitrogens with one attached hydrogen (secondary N) is 2. The quantitative estimate of drug-likeness (QED) is 0.372. The lowest BCUT2D eigenvalue weighted by Gasteiger charge is -2.36. The van der Waals surface area contributed by atoms with E-state index in [1.165, 1.54) is 5.69 Å². The van der Waals surface area contributed by atoms with E-state index >= 15 is 0 Å². The van der Waals surface area contributed by atoms with Crippen molar-refractivity contribution < 1.29 is 4.74 Å². The number of hydrogen-bond acceptors (Lipinski definition) is 8. The van der Waals surface area contributed by atoms with Crippen LogP contribution >= 0.6 is 11.6 Å². The van der Waals surface area contributed by atoms with Crippen LogP contribution in [0.2, 0.25) is 5.02 Å². The van der Waals surface area contributed by atoms with E-state index in [4.69, 9.17) is 26.6 Å². The second-order valence-corrected chi connectivity index (χ2v) is 10.6. The number of piperidine rings is 1. The van der Waals surface area contributed by atoms with Gasteiger partial charge in [-0.3, -0.25) is 4.90 Å². The lowest BCUT2D eigenvalue weighted by atomic mass is 10.0. The number of fused-ring (bicyclic) bond motifs is 1. The minimum atomic E-state index is 0.322. The number of nitrogens with zero attached hydrogens (tertiary/aromatic N) is 6. The number of benzene rings is 1. The van der Waals surface area contributed by atoms with Crippen LogP contribution in [0.4, 0.5) is 11.4 Å². The Morgan fingerprint density at radius 2 is 1.82 bits per heavy atom. The number of aromatic amines is 1. The molecule has 0 atom stereocenters. The molecule has 0 unspecified atom stereocenters. The molecule has 2 aliphatic rings. The molecule has 10 heteroatoms. The molecule has 202 valence electrons. The number of piperazine rings is 1. The third-order valence-electron chi connectivity index (χ3n) is 7.65. The van der Waals surface area contributed by atoms with Gasteiger partial charge in [0.1, 0.15) is 11.3 Å². The molecule has 4 heterocycles. The van der Waals surface area contributed by atoms with E-state index in [9.17, 15) is 0 Å². The van der Waals surface area contributed by atoms with Crippen LogP contribution in [0.3, 0.4) is 0 Å². The SMILES string of the molecule is COCCCN1CCN(c2ccc(-c3nc4ncc(Cl)c(NC5CCN(CCC#N)CC5)c4[nH]3)cc2)CC1. The van der Waals surface area contributed by atoms with Crippen molar-refractivity contribution in [2.45, 2.75) is 31.7 Å². The van der Waals surface area contributed by atoms with Crippen LogP contribution < -0.4 is 10.2 Å². The van der Waals surface area contributed by atoms with Crippen LogP contribution in [0, 0.1) is 11.3 Å². The number of methoxy groups -OCH3 is 1. The lowest BCUT2D eigenvalue weighted by Crippen LogP contribution is -2.46. The number of nitriles is 1. The summed E-state index contributed by atoms with van der Waals surface area (Å²) in [4.78, 5) is 20.0. The maximum absolute atomic E-state index is 8.85. The van der Waals surface area contributed by atoms with Gasteiger partial charge in [-0.15, -0.1) is 0 Å². The average Bonchev–Trinajstić information content (AvgIpc) is 3.40. The van der Waals surface area contributed by atoms with Crippen molar-refractivity contribution in [3.63, 3.8) is 0 Å². The highest BCUT2D eigenvalue weighted by atomic mass is 35.5. The molecule has 0 amide bonds. The number of anilines is 2. The molecule has 0 saturated carbocycles. The molecule has 2 aliphatic heterocycles. The van der Waals surface area contributed by atoms with Gasteiger partial charge in [-0.1, -0.05) is 11.6 Å². The fraction of sp³-hybridized carbons (Fsp3) is 0.536. The smallest absolute Gasteiger partial charge is 0.180 e. The first kappa shape index (κ1) is 26.7. The molecule has 2 N–H and O–H groups in total. The van der Waals surface area contributed by atoms with Crippen LogP contribution in [-0.2, 0) is 4.74 Å². The van der Waals surface area contributed by atoms with Gasteiger partial charge in [-0.25, -0.2) is 9.97 Å². The number of hydrogen-bond donors (Lipinski definition) is 2. The summed E-state index contributed by atoms with van der Waals surface area (Å²) in [7, 11) is 1.76. The summed E-state index contributed by atoms with van der Waals surface area (Å²) in [6.45, 7) is 8.96. The van der Waals surface area contributed by atoms with Crippen LogP contribution in [0.5, 0.6) is 0 Å². The molecule has 0 aliphatic carbocycles. The van der Waals surface area contributed by atoms with Gasteiger partial charge in [-0.05, 0) is 43.5 Å². The molecular formula is C28H37ClN8O. The Hall–Kier alpha value is -2.90. The Balaban J connectivity index is 1.23. The van der Waals surface area contributed by atoms with Gasteiger partial charge < -0.3 is 24.8 Å². The molecule has 0 radical (unpaired) electrons. The average molecular weight is 537 g/mol. The first-order chi connectivity index (χ1) is 18.6. The highest BCUT2D eigenvalue weighted by molar-refractivity contribution is 6.34. The van der Waals surface area contributed by atoms with Gasteiger partial charge in [0, 0.05) is 89.8 Å². The van der Waals surface area contributed by atoms with Gasteiger partial charge in [0.05, 0.1) is 23.0 Å². The van der Waals surface area contributed by atoms with E-state index in [1.54, 1.807) is 13.3 Å². The summed E-state index contributed by atoms with van der Waals surface area (Å²) in [5.74, 6) is 0.790. The Kier molecular flexibility index (Phi) is 8.97. The molecule has 2 fully saturated rings. The topological polar surface area (TPSA) is 96.3 Å². The first-order valence-corrected chi connectivity index (χ1v) is 14.0. The molecular weight excluding hydrogens is 500 g/mol. The molecule has 5 rings (SSSR count). The van der Waals surface area contributed by atoms with Crippen molar-refractivity contribution in [1.29, 1.82) is 5.26 Å². The standard InChI is InChI=1S/C28H37ClN8O/c1-38-19-3-12-36-15-17-37(18-16-36)23-6-4-21(5-7-23)27-33-26-25(24(29)20-31-28(26)34-27)32-22-8-13-35(14-9-22)11-2-10-30/h4-7,20,22H,2-3,8-9,11-19H2,1H3,(H2,31,32,33,34). The number of aromatic nitrogens is 3. The van der Waals surface area contributed by atoms with Crippen molar-refractivity contribution in [1.82, 2.24) is 24.8 Å². The van der Waals surface area contributed by atoms with Crippen LogP contribution in [0.1, 0.15) is 25.7 Å². The third-order valence-corrected chi connectivity index (χ3v) is 7.94. The van der Waals surface area contributed by atoms with E-state index < -0.39 is 0 Å². The van der Waals surface area contributed by atoms with E-state index in [0.717, 1.165) is 101 Å². The minimum absolute atomic E-state index is 0.322. The highest BCUT2D eigenvalue weighted by Crippen LogP contribution is 2.32. The molecule has 38 heavy (non-hydrogen) atoms. The third kappa shape index (κ3) is 6.38. The Morgan fingerprint density at radius 3 is 2.53 bits per heavy atom. The monoisotopic (exact) mass is 536 g/mol. The van der Waals surface area contributed by atoms with Crippen LogP contribution in [0.15, 0.2) is 30.5 Å². The van der Waals surface area contributed by atoms with Crippen molar-refractivity contribution in [3.05, 3.63) is 35.5 Å². The number of rotatable bonds is 10. The molecule has 0 spiro atoms. The zero-order chi connectivity index (χ0) is 26.3. The molecule has 1 aromatic carbocycles. The first-order valence-electron chi connectivity index (χ1n) is 13.6. The maximum atomic E-state index is 8.85. The summed E-state index contributed by atoms with van der Waals surface area (Å²) in [5, 5.41) is 13.1. The molecule has 2 aromatic heterocycles. The van der Waals surface area contributed by atoms with Crippen LogP contribution in [-0.4, -0.2) is 96.9 Å². The van der Waals surface area contributed by atoms with E-state index in [2.05, 4.69) is 60.3 Å². The Bertz CT molecular complexity index is 1220. The largest absolute Gasteiger partial charge is 0.385 e. The number of H-pyrrole nitrogens is 1. The van der Waals surface area contributed by atoms with Gasteiger partial charge in [0.25, 0.3) is 0 Å². The Labute approximate surface area is 229 Å². The fourth-order valence-corrected chi connectivity index (χ4v) is 5.61. The van der Waals surface area contributed by atoms with Crippen molar-refractivity contribution >= 4 is 34.1 Å². The van der Waals surface area contributed by atoms with E-state index in [-0.39, 0.29) is 0 Å². The number of pyridine rings is 1. The van der Waals surface area contributed by atoms with Gasteiger partial charge in [0.2, 0.25) is 0 Å². The van der Waals surface area contributed by atoms with E-state index in [1.807, 2.05) is 0 Å². The summed E-state index contributed by atoms with van der Waals surface area (Å²) >= 11 is 6.59. The number of halogens is 1. The number of ether oxygens (including phenoxy) is 1. The van der Waals surface area contributed by atoms with Gasteiger partial charge >= 0.3 is 0 Å². The van der Waals surface area contributed by atoms with E-state index in [0.29, 0.717) is 23.1 Å². The maximum Gasteiger partial charge on any atom is 0.180 e. The predicted octanol–water partition coefficient (Wildman–Crippen LogP) is 4.23.